The van der Waals surface area contributed by atoms with Crippen LogP contribution in [0.5, 0.6) is 11.5 Å². The lowest BCUT2D eigenvalue weighted by molar-refractivity contribution is 0.198. The van der Waals surface area contributed by atoms with Crippen molar-refractivity contribution in [3.8, 4) is 11.5 Å². The highest BCUT2D eigenvalue weighted by Gasteiger charge is 2.24. The van der Waals surface area contributed by atoms with Crippen LogP contribution in [-0.2, 0) is 0 Å². The molecular weight excluding hydrogens is 288 g/mol. The SMILES string of the molecule is COc1ccc(C(c2ccccc2)N2CCNCC2)cc1OC. The molecule has 4 nitrogen and oxygen atoms in total. The fourth-order valence-electron chi connectivity index (χ4n) is 3.21. The second kappa shape index (κ2) is 7.49. The quantitative estimate of drug-likeness (QED) is 0.920. The standard InChI is InChI=1S/C19H24N2O2/c1-22-17-9-8-16(14-18(17)23-2)19(15-6-4-3-5-7-15)21-12-10-20-11-13-21/h3-9,14,19-20H,10-13H2,1-2H3. The molecule has 0 aromatic heterocycles. The highest BCUT2D eigenvalue weighted by atomic mass is 16.5. The third-order valence-electron chi connectivity index (χ3n) is 4.36. The lowest BCUT2D eigenvalue weighted by Crippen LogP contribution is -2.45. The second-order valence-corrected chi connectivity index (χ2v) is 5.71. The van der Waals surface area contributed by atoms with Crippen molar-refractivity contribution in [3.63, 3.8) is 0 Å². The first-order chi connectivity index (χ1) is 11.3. The second-order valence-electron chi connectivity index (χ2n) is 5.71. The predicted molar refractivity (Wildman–Crippen MR) is 92.3 cm³/mol. The molecule has 2 aromatic rings. The summed E-state index contributed by atoms with van der Waals surface area (Å²) in [6.07, 6.45) is 0. The number of hydrogen-bond acceptors (Lipinski definition) is 4. The monoisotopic (exact) mass is 312 g/mol. The van der Waals surface area contributed by atoms with Crippen LogP contribution in [0.25, 0.3) is 0 Å². The fraction of sp³-hybridized carbons (Fsp3) is 0.368. The third kappa shape index (κ3) is 3.49. The Morgan fingerprint density at radius 3 is 2.22 bits per heavy atom. The van der Waals surface area contributed by atoms with Crippen LogP contribution in [-0.4, -0.2) is 45.3 Å². The van der Waals surface area contributed by atoms with Gasteiger partial charge in [-0.15, -0.1) is 0 Å². The summed E-state index contributed by atoms with van der Waals surface area (Å²) in [7, 11) is 3.35. The minimum Gasteiger partial charge on any atom is -0.493 e. The van der Waals surface area contributed by atoms with E-state index in [4.69, 9.17) is 9.47 Å². The van der Waals surface area contributed by atoms with Gasteiger partial charge in [-0.1, -0.05) is 36.4 Å². The largest absolute Gasteiger partial charge is 0.493 e. The summed E-state index contributed by atoms with van der Waals surface area (Å²) in [6.45, 7) is 4.12. The zero-order valence-corrected chi connectivity index (χ0v) is 13.8. The van der Waals surface area contributed by atoms with Crippen LogP contribution in [0.2, 0.25) is 0 Å². The Kier molecular flexibility index (Phi) is 5.16. The number of ether oxygens (including phenoxy) is 2. The lowest BCUT2D eigenvalue weighted by Gasteiger charge is -2.35. The zero-order valence-electron chi connectivity index (χ0n) is 13.8. The summed E-state index contributed by atoms with van der Waals surface area (Å²) < 4.78 is 10.9. The van der Waals surface area contributed by atoms with Crippen molar-refractivity contribution in [3.05, 3.63) is 59.7 Å². The molecule has 122 valence electrons. The molecular formula is C19H24N2O2. The maximum atomic E-state index is 5.49. The van der Waals surface area contributed by atoms with Gasteiger partial charge in [0.2, 0.25) is 0 Å². The maximum Gasteiger partial charge on any atom is 0.161 e. The molecule has 0 bridgehead atoms. The lowest BCUT2D eigenvalue weighted by atomic mass is 9.96. The predicted octanol–water partition coefficient (Wildman–Crippen LogP) is 2.70. The smallest absolute Gasteiger partial charge is 0.161 e. The molecule has 1 atom stereocenters. The Labute approximate surface area is 138 Å². The van der Waals surface area contributed by atoms with E-state index in [0.717, 1.165) is 37.7 Å². The van der Waals surface area contributed by atoms with Gasteiger partial charge in [0, 0.05) is 26.2 Å². The van der Waals surface area contributed by atoms with Crippen LogP contribution in [0.15, 0.2) is 48.5 Å². The van der Waals surface area contributed by atoms with Gasteiger partial charge in [-0.25, -0.2) is 0 Å². The fourth-order valence-corrected chi connectivity index (χ4v) is 3.21. The van der Waals surface area contributed by atoms with E-state index in [1.807, 2.05) is 6.07 Å². The minimum atomic E-state index is 0.234. The number of piperazine rings is 1. The molecule has 1 unspecified atom stereocenters. The van der Waals surface area contributed by atoms with Gasteiger partial charge in [0.05, 0.1) is 20.3 Å². The van der Waals surface area contributed by atoms with Gasteiger partial charge in [0.1, 0.15) is 0 Å². The maximum absolute atomic E-state index is 5.49. The normalized spacial score (nSPS) is 16.8. The number of hydrogen-bond donors (Lipinski definition) is 1. The summed E-state index contributed by atoms with van der Waals surface area (Å²) in [6, 6.07) is 17.1. The molecule has 0 saturated carbocycles. The number of methoxy groups -OCH3 is 2. The molecule has 0 spiro atoms. The highest BCUT2D eigenvalue weighted by Crippen LogP contribution is 2.35. The van der Waals surface area contributed by atoms with Crippen LogP contribution in [0.3, 0.4) is 0 Å². The van der Waals surface area contributed by atoms with Gasteiger partial charge in [-0.05, 0) is 23.3 Å². The average Bonchev–Trinajstić information content (AvgIpc) is 2.63. The molecule has 0 radical (unpaired) electrons. The number of benzene rings is 2. The Morgan fingerprint density at radius 1 is 0.870 bits per heavy atom. The summed E-state index contributed by atoms with van der Waals surface area (Å²) >= 11 is 0. The Hall–Kier alpha value is -2.04. The molecule has 1 aliphatic heterocycles. The summed E-state index contributed by atoms with van der Waals surface area (Å²) in [5.74, 6) is 1.55. The van der Waals surface area contributed by atoms with E-state index < -0.39 is 0 Å². The molecule has 1 aliphatic rings. The van der Waals surface area contributed by atoms with E-state index >= 15 is 0 Å². The van der Waals surface area contributed by atoms with E-state index in [-0.39, 0.29) is 6.04 Å². The van der Waals surface area contributed by atoms with Gasteiger partial charge in [0.15, 0.2) is 11.5 Å². The van der Waals surface area contributed by atoms with Crippen molar-refractivity contribution in [2.75, 3.05) is 40.4 Å². The highest BCUT2D eigenvalue weighted by molar-refractivity contribution is 5.46. The topological polar surface area (TPSA) is 33.7 Å². The molecule has 1 N–H and O–H groups in total. The van der Waals surface area contributed by atoms with Gasteiger partial charge in [-0.3, -0.25) is 4.90 Å². The molecule has 1 heterocycles. The van der Waals surface area contributed by atoms with E-state index in [1.165, 1.54) is 11.1 Å². The number of nitrogens with zero attached hydrogens (tertiary/aromatic N) is 1. The van der Waals surface area contributed by atoms with E-state index in [9.17, 15) is 0 Å². The molecule has 3 rings (SSSR count). The van der Waals surface area contributed by atoms with E-state index in [2.05, 4.69) is 52.7 Å². The molecule has 1 fully saturated rings. The molecule has 2 aromatic carbocycles. The summed E-state index contributed by atoms with van der Waals surface area (Å²) in [5, 5.41) is 3.43. The molecule has 0 amide bonds. The van der Waals surface area contributed by atoms with Crippen molar-refractivity contribution in [2.45, 2.75) is 6.04 Å². The average molecular weight is 312 g/mol. The van der Waals surface area contributed by atoms with E-state index in [0.29, 0.717) is 0 Å². The Morgan fingerprint density at radius 2 is 1.57 bits per heavy atom. The number of rotatable bonds is 5. The summed E-state index contributed by atoms with van der Waals surface area (Å²) in [5.41, 5.74) is 2.54. The van der Waals surface area contributed by atoms with Crippen LogP contribution in [0.4, 0.5) is 0 Å². The van der Waals surface area contributed by atoms with E-state index in [1.54, 1.807) is 14.2 Å². The van der Waals surface area contributed by atoms with Crippen molar-refractivity contribution in [1.82, 2.24) is 10.2 Å². The van der Waals surface area contributed by atoms with Crippen molar-refractivity contribution in [2.24, 2.45) is 0 Å². The Balaban J connectivity index is 2.01. The van der Waals surface area contributed by atoms with Gasteiger partial charge >= 0.3 is 0 Å². The van der Waals surface area contributed by atoms with Crippen LogP contribution >= 0.6 is 0 Å². The molecule has 23 heavy (non-hydrogen) atoms. The van der Waals surface area contributed by atoms with Gasteiger partial charge in [-0.2, -0.15) is 0 Å². The van der Waals surface area contributed by atoms with Crippen molar-refractivity contribution in [1.29, 1.82) is 0 Å². The first-order valence-electron chi connectivity index (χ1n) is 8.05. The minimum absolute atomic E-state index is 0.234. The zero-order chi connectivity index (χ0) is 16.1. The first-order valence-corrected chi connectivity index (χ1v) is 8.05. The molecule has 4 heteroatoms. The molecule has 0 aliphatic carbocycles. The van der Waals surface area contributed by atoms with Gasteiger partial charge < -0.3 is 14.8 Å². The summed E-state index contributed by atoms with van der Waals surface area (Å²) in [4.78, 5) is 2.52. The van der Waals surface area contributed by atoms with Crippen LogP contribution < -0.4 is 14.8 Å². The third-order valence-corrected chi connectivity index (χ3v) is 4.36. The molecule has 1 saturated heterocycles. The van der Waals surface area contributed by atoms with Crippen molar-refractivity contribution < 1.29 is 9.47 Å². The first kappa shape index (κ1) is 15.8. The number of nitrogens with one attached hydrogen (secondary N) is 1. The Bertz CT molecular complexity index is 625. The van der Waals surface area contributed by atoms with Gasteiger partial charge in [0.25, 0.3) is 0 Å². The van der Waals surface area contributed by atoms with Crippen LogP contribution in [0, 0.1) is 0 Å². The van der Waals surface area contributed by atoms with Crippen LogP contribution in [0.1, 0.15) is 17.2 Å². The van der Waals surface area contributed by atoms with Crippen molar-refractivity contribution >= 4 is 0 Å².